The van der Waals surface area contributed by atoms with E-state index in [9.17, 15) is 0 Å². The molecule has 2 aromatic carbocycles. The molecule has 1 heterocycles. The number of allylic oxidation sites excluding steroid dienone is 3. The first-order chi connectivity index (χ1) is 13.7. The van der Waals surface area contributed by atoms with Crippen LogP contribution in [0.3, 0.4) is 0 Å². The van der Waals surface area contributed by atoms with Crippen molar-refractivity contribution < 1.29 is 4.43 Å². The van der Waals surface area contributed by atoms with E-state index in [-0.39, 0.29) is 0 Å². The van der Waals surface area contributed by atoms with Crippen LogP contribution in [0.4, 0.5) is 0 Å². The summed E-state index contributed by atoms with van der Waals surface area (Å²) in [6.45, 7) is 14.2. The summed E-state index contributed by atoms with van der Waals surface area (Å²) in [5.41, 5.74) is 10.8. The topological polar surface area (TPSA) is 9.23 Å². The maximum atomic E-state index is 6.37. The molecule has 0 saturated carbocycles. The second-order valence-corrected chi connectivity index (χ2v) is 19.2. The SMILES string of the molecule is CC(CC1=C(c2cc3c(c4c2[Si]4(C)C)Cc2ccccc2-3)CC=C1)O[Si](C)(C)C. The minimum Gasteiger partial charge on any atom is -0.415 e. The first-order valence-corrected chi connectivity index (χ1v) is 17.4. The van der Waals surface area contributed by atoms with Gasteiger partial charge in [0, 0.05) is 6.10 Å². The molecule has 0 amide bonds. The highest BCUT2D eigenvalue weighted by Gasteiger charge is 2.50. The maximum Gasteiger partial charge on any atom is 0.184 e. The predicted molar refractivity (Wildman–Crippen MR) is 131 cm³/mol. The molecule has 1 atom stereocenters. The van der Waals surface area contributed by atoms with Crippen molar-refractivity contribution in [1.29, 1.82) is 0 Å². The summed E-state index contributed by atoms with van der Waals surface area (Å²) in [5.74, 6) is 0. The fraction of sp³-hybridized carbons (Fsp3) is 0.385. The van der Waals surface area contributed by atoms with Gasteiger partial charge in [-0.3, -0.25) is 0 Å². The molecule has 3 aliphatic rings. The van der Waals surface area contributed by atoms with Crippen LogP contribution < -0.4 is 10.4 Å². The van der Waals surface area contributed by atoms with Crippen molar-refractivity contribution in [3.63, 3.8) is 0 Å². The zero-order valence-corrected chi connectivity index (χ0v) is 20.6. The largest absolute Gasteiger partial charge is 0.415 e. The summed E-state index contributed by atoms with van der Waals surface area (Å²) in [7, 11) is -2.91. The highest BCUT2D eigenvalue weighted by Crippen LogP contribution is 2.43. The smallest absolute Gasteiger partial charge is 0.184 e. The van der Waals surface area contributed by atoms with Crippen molar-refractivity contribution in [3.05, 3.63) is 64.7 Å². The molecule has 29 heavy (non-hydrogen) atoms. The zero-order chi connectivity index (χ0) is 20.6. The van der Waals surface area contributed by atoms with Gasteiger partial charge in [-0.15, -0.1) is 0 Å². The summed E-state index contributed by atoms with van der Waals surface area (Å²) in [4.78, 5) is 0. The average molecular weight is 417 g/mol. The fourth-order valence-corrected chi connectivity index (χ4v) is 10.8. The Bertz CT molecular complexity index is 1080. The summed E-state index contributed by atoms with van der Waals surface area (Å²) < 4.78 is 6.37. The molecule has 0 N–H and O–H groups in total. The molecule has 5 rings (SSSR count). The Kier molecular flexibility index (Phi) is 4.26. The summed E-state index contributed by atoms with van der Waals surface area (Å²) in [5, 5.41) is 3.49. The van der Waals surface area contributed by atoms with Crippen molar-refractivity contribution >= 4 is 32.3 Å². The molecule has 0 spiro atoms. The second kappa shape index (κ2) is 6.40. The van der Waals surface area contributed by atoms with Gasteiger partial charge < -0.3 is 4.43 Å². The molecular weight excluding hydrogens is 384 g/mol. The van der Waals surface area contributed by atoms with Gasteiger partial charge in [-0.25, -0.2) is 0 Å². The molecule has 0 radical (unpaired) electrons. The minimum absolute atomic E-state index is 0.290. The number of hydrogen-bond acceptors (Lipinski definition) is 1. The Hall–Kier alpha value is -1.69. The summed E-state index contributed by atoms with van der Waals surface area (Å²) >= 11 is 0. The van der Waals surface area contributed by atoms with Crippen molar-refractivity contribution in [2.24, 2.45) is 0 Å². The van der Waals surface area contributed by atoms with E-state index in [1.54, 1.807) is 27.1 Å². The van der Waals surface area contributed by atoms with Gasteiger partial charge in [0.15, 0.2) is 8.32 Å². The number of fused-ring (bicyclic) bond motifs is 5. The molecule has 3 heteroatoms. The maximum absolute atomic E-state index is 6.37. The van der Waals surface area contributed by atoms with Gasteiger partial charge in [0.1, 0.15) is 8.07 Å². The van der Waals surface area contributed by atoms with Crippen LogP contribution in [0.5, 0.6) is 0 Å². The van der Waals surface area contributed by atoms with E-state index in [2.05, 4.69) is 82.1 Å². The highest BCUT2D eigenvalue weighted by molar-refractivity contribution is 7.16. The molecule has 0 saturated heterocycles. The lowest BCUT2D eigenvalue weighted by atomic mass is 9.94. The van der Waals surface area contributed by atoms with E-state index < -0.39 is 16.4 Å². The van der Waals surface area contributed by atoms with E-state index >= 15 is 0 Å². The van der Waals surface area contributed by atoms with Gasteiger partial charge in [0.25, 0.3) is 0 Å². The lowest BCUT2D eigenvalue weighted by molar-refractivity contribution is 0.215. The van der Waals surface area contributed by atoms with Crippen molar-refractivity contribution in [2.45, 2.75) is 65.0 Å². The van der Waals surface area contributed by atoms with Crippen LogP contribution in [-0.4, -0.2) is 22.5 Å². The van der Waals surface area contributed by atoms with Gasteiger partial charge in [0.05, 0.1) is 0 Å². The Morgan fingerprint density at radius 3 is 2.55 bits per heavy atom. The normalized spacial score (nSPS) is 19.2. The average Bonchev–Trinajstić information content (AvgIpc) is 2.97. The molecule has 0 fully saturated rings. The molecule has 0 bridgehead atoms. The first-order valence-electron chi connectivity index (χ1n) is 11.0. The van der Waals surface area contributed by atoms with Crippen LogP contribution in [0.1, 0.15) is 36.5 Å². The van der Waals surface area contributed by atoms with E-state index in [1.807, 2.05) is 0 Å². The van der Waals surface area contributed by atoms with E-state index in [1.165, 1.54) is 22.3 Å². The van der Waals surface area contributed by atoms with Gasteiger partial charge in [-0.1, -0.05) is 54.7 Å². The molecular formula is C26H32OSi2. The Balaban J connectivity index is 1.58. The first kappa shape index (κ1) is 19.3. The highest BCUT2D eigenvalue weighted by atomic mass is 28.4. The molecule has 1 aliphatic heterocycles. The zero-order valence-electron chi connectivity index (χ0n) is 18.6. The number of benzene rings is 2. The van der Waals surface area contributed by atoms with Gasteiger partial charge >= 0.3 is 0 Å². The molecule has 2 aromatic rings. The summed E-state index contributed by atoms with van der Waals surface area (Å²) in [6, 6.07) is 11.6. The van der Waals surface area contributed by atoms with Crippen LogP contribution in [0.25, 0.3) is 16.7 Å². The third-order valence-corrected chi connectivity index (χ3v) is 11.1. The van der Waals surface area contributed by atoms with E-state index in [0.717, 1.165) is 19.3 Å². The van der Waals surface area contributed by atoms with Gasteiger partial charge in [-0.05, 0) is 96.0 Å². The number of rotatable bonds is 5. The fourth-order valence-electron chi connectivity index (χ4n) is 5.68. The standard InChI is InChI=1S/C26H32OSi2/c1-17(27-28(2,3)4)14-18-11-9-13-21(18)24-16-22-20-12-8-7-10-19(20)15-23(22)25-26(24)29(25,5)6/h7-12,16-17H,13-15H2,1-6H3. The third kappa shape index (κ3) is 3.15. The summed E-state index contributed by atoms with van der Waals surface area (Å²) in [6.07, 6.45) is 8.25. The minimum atomic E-state index is -1.51. The van der Waals surface area contributed by atoms with Gasteiger partial charge in [0.2, 0.25) is 0 Å². The lowest BCUT2D eigenvalue weighted by Crippen LogP contribution is -2.30. The van der Waals surface area contributed by atoms with Gasteiger partial charge in [-0.2, -0.15) is 0 Å². The molecule has 1 unspecified atom stereocenters. The van der Waals surface area contributed by atoms with Crippen LogP contribution >= 0.6 is 0 Å². The Morgan fingerprint density at radius 1 is 1.03 bits per heavy atom. The molecule has 1 nitrogen and oxygen atoms in total. The monoisotopic (exact) mass is 416 g/mol. The molecule has 150 valence electrons. The lowest BCUT2D eigenvalue weighted by Gasteiger charge is -2.24. The third-order valence-electron chi connectivity index (χ3n) is 6.71. The van der Waals surface area contributed by atoms with Crippen LogP contribution in [0.15, 0.2) is 48.1 Å². The predicted octanol–water partition coefficient (Wildman–Crippen LogP) is 5.74. The van der Waals surface area contributed by atoms with Crippen molar-refractivity contribution in [2.75, 3.05) is 0 Å². The van der Waals surface area contributed by atoms with Crippen LogP contribution in [-0.2, 0) is 10.8 Å². The quantitative estimate of drug-likeness (QED) is 0.482. The van der Waals surface area contributed by atoms with E-state index in [4.69, 9.17) is 4.43 Å². The van der Waals surface area contributed by atoms with Crippen molar-refractivity contribution in [1.82, 2.24) is 0 Å². The second-order valence-electron chi connectivity index (χ2n) is 10.5. The Labute approximate surface area is 177 Å². The van der Waals surface area contributed by atoms with Crippen LogP contribution in [0, 0.1) is 0 Å². The van der Waals surface area contributed by atoms with Crippen LogP contribution in [0.2, 0.25) is 32.7 Å². The van der Waals surface area contributed by atoms with E-state index in [0.29, 0.717) is 6.10 Å². The molecule has 0 aromatic heterocycles. The molecule has 2 aliphatic carbocycles. The Morgan fingerprint density at radius 2 is 1.79 bits per heavy atom. The number of hydrogen-bond donors (Lipinski definition) is 0. The van der Waals surface area contributed by atoms with Crippen molar-refractivity contribution in [3.8, 4) is 11.1 Å².